The maximum Gasteiger partial charge on any atom is 0.347 e. The van der Waals surface area contributed by atoms with Crippen molar-refractivity contribution in [3.8, 4) is 5.75 Å². The van der Waals surface area contributed by atoms with E-state index >= 15 is 0 Å². The highest BCUT2D eigenvalue weighted by Crippen LogP contribution is 2.23. The van der Waals surface area contributed by atoms with Gasteiger partial charge in [-0.25, -0.2) is 14.4 Å². The Labute approximate surface area is 165 Å². The number of cyclic esters (lactones) is 1. The summed E-state index contributed by atoms with van der Waals surface area (Å²) in [7, 11) is 0. The topological polar surface area (TPSA) is 92.0 Å². The molecular formula is C22H18O7. The van der Waals surface area contributed by atoms with Crippen molar-refractivity contribution in [2.24, 2.45) is 0 Å². The molecule has 3 aromatic rings. The van der Waals surface area contributed by atoms with Gasteiger partial charge in [-0.1, -0.05) is 12.1 Å². The third kappa shape index (κ3) is 4.13. The van der Waals surface area contributed by atoms with E-state index in [0.717, 1.165) is 16.5 Å². The molecule has 1 fully saturated rings. The number of fused-ring (bicyclic) bond motifs is 1. The molecule has 1 atom stereocenters. The van der Waals surface area contributed by atoms with Gasteiger partial charge < -0.3 is 18.6 Å². The van der Waals surface area contributed by atoms with Gasteiger partial charge in [0.1, 0.15) is 17.9 Å². The molecule has 1 aromatic heterocycles. The molecule has 0 spiro atoms. The molecule has 148 valence electrons. The molecule has 0 bridgehead atoms. The highest BCUT2D eigenvalue weighted by atomic mass is 16.6. The van der Waals surface area contributed by atoms with Gasteiger partial charge in [-0.3, -0.25) is 0 Å². The molecule has 1 aliphatic heterocycles. The van der Waals surface area contributed by atoms with Crippen LogP contribution in [0.15, 0.2) is 57.7 Å². The average Bonchev–Trinajstić information content (AvgIpc) is 3.10. The molecule has 0 unspecified atom stereocenters. The first-order chi connectivity index (χ1) is 14.0. The van der Waals surface area contributed by atoms with E-state index in [-0.39, 0.29) is 13.2 Å². The van der Waals surface area contributed by atoms with Crippen molar-refractivity contribution in [1.29, 1.82) is 0 Å². The molecule has 1 saturated heterocycles. The Morgan fingerprint density at radius 1 is 1.10 bits per heavy atom. The van der Waals surface area contributed by atoms with Gasteiger partial charge in [0.05, 0.1) is 12.2 Å². The Kier molecular flexibility index (Phi) is 5.03. The van der Waals surface area contributed by atoms with Crippen LogP contribution in [0.4, 0.5) is 0 Å². The largest absolute Gasteiger partial charge is 0.489 e. The molecule has 0 radical (unpaired) electrons. The van der Waals surface area contributed by atoms with E-state index < -0.39 is 23.7 Å². The van der Waals surface area contributed by atoms with Crippen molar-refractivity contribution in [3.05, 3.63) is 75.6 Å². The molecule has 29 heavy (non-hydrogen) atoms. The summed E-state index contributed by atoms with van der Waals surface area (Å²) in [6, 6.07) is 13.5. The van der Waals surface area contributed by atoms with Gasteiger partial charge in [-0.2, -0.15) is 0 Å². The van der Waals surface area contributed by atoms with Gasteiger partial charge in [0.15, 0.2) is 0 Å². The van der Waals surface area contributed by atoms with Gasteiger partial charge in [-0.15, -0.1) is 0 Å². The number of ether oxygens (including phenoxy) is 3. The fourth-order valence-corrected chi connectivity index (χ4v) is 3.08. The number of carbonyl (C=O) groups excluding carboxylic acids is 2. The predicted molar refractivity (Wildman–Crippen MR) is 103 cm³/mol. The summed E-state index contributed by atoms with van der Waals surface area (Å²) < 4.78 is 20.9. The van der Waals surface area contributed by atoms with Crippen LogP contribution in [0.2, 0.25) is 0 Å². The summed E-state index contributed by atoms with van der Waals surface area (Å²) in [4.78, 5) is 35.1. The Hall–Kier alpha value is -3.61. The average molecular weight is 394 g/mol. The number of esters is 2. The minimum atomic E-state index is -0.831. The highest BCUT2D eigenvalue weighted by Gasteiger charge is 2.30. The molecule has 0 N–H and O–H groups in total. The summed E-state index contributed by atoms with van der Waals surface area (Å²) in [5.74, 6) is -0.513. The van der Waals surface area contributed by atoms with Crippen LogP contribution in [-0.4, -0.2) is 24.6 Å². The second-order valence-corrected chi connectivity index (χ2v) is 6.74. The first-order valence-corrected chi connectivity index (χ1v) is 9.13. The number of aryl methyl sites for hydroxylation is 1. The molecule has 0 saturated carbocycles. The summed E-state index contributed by atoms with van der Waals surface area (Å²) in [5.41, 5.74) is 2.09. The lowest BCUT2D eigenvalue weighted by atomic mass is 10.1. The number of hydrogen-bond acceptors (Lipinski definition) is 7. The molecule has 7 heteroatoms. The summed E-state index contributed by atoms with van der Waals surface area (Å²) in [6.07, 6.45) is -0.455. The van der Waals surface area contributed by atoms with E-state index in [1.165, 1.54) is 6.07 Å². The quantitative estimate of drug-likeness (QED) is 0.485. The van der Waals surface area contributed by atoms with E-state index in [9.17, 15) is 14.4 Å². The minimum Gasteiger partial charge on any atom is -0.489 e. The zero-order valence-electron chi connectivity index (χ0n) is 15.7. The van der Waals surface area contributed by atoms with E-state index in [1.807, 2.05) is 19.1 Å². The van der Waals surface area contributed by atoms with Crippen molar-refractivity contribution in [3.63, 3.8) is 0 Å². The smallest absolute Gasteiger partial charge is 0.347 e. The molecule has 7 nitrogen and oxygen atoms in total. The second kappa shape index (κ2) is 7.79. The van der Waals surface area contributed by atoms with Crippen molar-refractivity contribution in [2.45, 2.75) is 26.1 Å². The van der Waals surface area contributed by atoms with Gasteiger partial charge in [-0.05, 0) is 42.3 Å². The van der Waals surface area contributed by atoms with Gasteiger partial charge in [0.25, 0.3) is 0 Å². The SMILES string of the molecule is Cc1cc(=O)oc2cc(OCc3ccc(C(=O)O[C@@H]4CCOC4=O)cc3)ccc12. The third-order valence-electron chi connectivity index (χ3n) is 4.65. The maximum absolute atomic E-state index is 12.1. The Morgan fingerprint density at radius 3 is 2.62 bits per heavy atom. The fourth-order valence-electron chi connectivity index (χ4n) is 3.08. The van der Waals surface area contributed by atoms with Crippen LogP contribution in [0.25, 0.3) is 11.0 Å². The Bertz CT molecular complexity index is 1130. The van der Waals surface area contributed by atoms with Crippen LogP contribution in [-0.2, 0) is 20.9 Å². The lowest BCUT2D eigenvalue weighted by molar-refractivity contribution is -0.145. The van der Waals surface area contributed by atoms with Gasteiger partial charge in [0, 0.05) is 23.9 Å². The van der Waals surface area contributed by atoms with Gasteiger partial charge >= 0.3 is 17.6 Å². The number of carbonyl (C=O) groups is 2. The van der Waals surface area contributed by atoms with E-state index in [1.54, 1.807) is 30.3 Å². The fraction of sp³-hybridized carbons (Fsp3) is 0.227. The summed E-state index contributed by atoms with van der Waals surface area (Å²) in [6.45, 7) is 2.39. The Balaban J connectivity index is 1.40. The molecule has 0 aliphatic carbocycles. The van der Waals surface area contributed by atoms with Crippen molar-refractivity contribution in [2.75, 3.05) is 6.61 Å². The molecule has 2 heterocycles. The number of benzene rings is 2. The van der Waals surface area contributed by atoms with Crippen LogP contribution in [0, 0.1) is 6.92 Å². The Morgan fingerprint density at radius 2 is 1.90 bits per heavy atom. The first kappa shape index (κ1) is 18.7. The zero-order chi connectivity index (χ0) is 20.4. The van der Waals surface area contributed by atoms with Crippen LogP contribution < -0.4 is 10.4 Å². The maximum atomic E-state index is 12.1. The van der Waals surface area contributed by atoms with Crippen LogP contribution in [0.3, 0.4) is 0 Å². The van der Waals surface area contributed by atoms with Crippen LogP contribution in [0.1, 0.15) is 27.9 Å². The number of hydrogen-bond donors (Lipinski definition) is 0. The number of rotatable bonds is 5. The van der Waals surface area contributed by atoms with E-state index in [2.05, 4.69) is 0 Å². The van der Waals surface area contributed by atoms with Crippen LogP contribution >= 0.6 is 0 Å². The second-order valence-electron chi connectivity index (χ2n) is 6.74. The van der Waals surface area contributed by atoms with E-state index in [0.29, 0.717) is 23.3 Å². The monoisotopic (exact) mass is 394 g/mol. The lowest BCUT2D eigenvalue weighted by Gasteiger charge is -2.10. The summed E-state index contributed by atoms with van der Waals surface area (Å²) >= 11 is 0. The standard InChI is InChI=1S/C22H18O7/c1-13-10-20(23)28-19-11-16(6-7-17(13)19)27-12-14-2-4-15(5-3-14)21(24)29-18-8-9-26-22(18)25/h2-7,10-11,18H,8-9,12H2,1H3/t18-/m1/s1. The minimum absolute atomic E-state index is 0.269. The normalized spacial score (nSPS) is 15.9. The van der Waals surface area contributed by atoms with Crippen LogP contribution in [0.5, 0.6) is 5.75 Å². The van der Waals surface area contributed by atoms with Gasteiger partial charge in [0.2, 0.25) is 6.10 Å². The molecule has 1 aliphatic rings. The zero-order valence-corrected chi connectivity index (χ0v) is 15.7. The van der Waals surface area contributed by atoms with Crippen molar-refractivity contribution in [1.82, 2.24) is 0 Å². The third-order valence-corrected chi connectivity index (χ3v) is 4.65. The lowest BCUT2D eigenvalue weighted by Crippen LogP contribution is -2.22. The predicted octanol–water partition coefficient (Wildman–Crippen LogP) is 3.15. The molecular weight excluding hydrogens is 376 g/mol. The first-order valence-electron chi connectivity index (χ1n) is 9.13. The molecule has 2 aromatic carbocycles. The summed E-state index contributed by atoms with van der Waals surface area (Å²) in [5, 5.41) is 0.853. The highest BCUT2D eigenvalue weighted by molar-refractivity contribution is 5.91. The molecule has 0 amide bonds. The van der Waals surface area contributed by atoms with Crippen molar-refractivity contribution >= 4 is 22.9 Å². The molecule has 4 rings (SSSR count). The van der Waals surface area contributed by atoms with E-state index in [4.69, 9.17) is 18.6 Å². The van der Waals surface area contributed by atoms with Crippen molar-refractivity contribution < 1.29 is 28.2 Å².